The number of benzene rings is 3. The van der Waals surface area contributed by atoms with E-state index in [1.165, 1.54) is 24.3 Å². The molecular formula is C24H23N3O5S. The Balaban J connectivity index is 1.49. The molecule has 3 aromatic carbocycles. The van der Waals surface area contributed by atoms with Crippen LogP contribution in [0.2, 0.25) is 0 Å². The molecule has 0 saturated heterocycles. The lowest BCUT2D eigenvalue weighted by Crippen LogP contribution is -2.20. The number of nitrogens with one attached hydrogen (secondary N) is 2. The molecule has 0 aromatic heterocycles. The van der Waals surface area contributed by atoms with Gasteiger partial charge in [-0.25, -0.2) is 13.8 Å². The monoisotopic (exact) mass is 465 g/mol. The molecule has 1 amide bonds. The van der Waals surface area contributed by atoms with Crippen molar-refractivity contribution in [2.75, 3.05) is 11.5 Å². The first-order valence-electron chi connectivity index (χ1n) is 10.2. The van der Waals surface area contributed by atoms with Gasteiger partial charge < -0.3 is 9.47 Å². The number of fused-ring (bicyclic) bond motifs is 1. The van der Waals surface area contributed by atoms with Gasteiger partial charge in [-0.05, 0) is 68.8 Å². The number of ether oxygens (including phenoxy) is 2. The number of anilines is 1. The fraction of sp³-hybridized carbons (Fsp3) is 0.167. The highest BCUT2D eigenvalue weighted by Gasteiger charge is 2.18. The molecule has 0 aliphatic carbocycles. The van der Waals surface area contributed by atoms with Gasteiger partial charge in [-0.2, -0.15) is 5.10 Å². The summed E-state index contributed by atoms with van der Waals surface area (Å²) in [6.07, 6.45) is 0. The Morgan fingerprint density at radius 3 is 2.52 bits per heavy atom. The van der Waals surface area contributed by atoms with E-state index >= 15 is 0 Å². The van der Waals surface area contributed by atoms with Crippen molar-refractivity contribution in [3.63, 3.8) is 0 Å². The van der Waals surface area contributed by atoms with Gasteiger partial charge in [0.1, 0.15) is 0 Å². The average molecular weight is 466 g/mol. The van der Waals surface area contributed by atoms with Crippen molar-refractivity contribution in [1.29, 1.82) is 0 Å². The van der Waals surface area contributed by atoms with E-state index < -0.39 is 15.9 Å². The second kappa shape index (κ2) is 8.95. The standard InChI is InChI=1S/C24H23N3O5S/c1-15-7-9-21(16(2)11-15)27-33(29,30)20-6-4-5-19(12-20)24(28)26-25-17(3)18-8-10-22-23(13-18)32-14-31-22/h4-13,27H,14H2,1-3H3,(H,26,28)/b25-17+. The zero-order valence-electron chi connectivity index (χ0n) is 18.4. The molecule has 0 spiro atoms. The van der Waals surface area contributed by atoms with Crippen molar-refractivity contribution in [2.24, 2.45) is 5.10 Å². The van der Waals surface area contributed by atoms with Crippen LogP contribution in [0, 0.1) is 13.8 Å². The lowest BCUT2D eigenvalue weighted by atomic mass is 10.1. The number of rotatable bonds is 6. The summed E-state index contributed by atoms with van der Waals surface area (Å²) in [4.78, 5) is 12.6. The minimum absolute atomic E-state index is 0.0217. The summed E-state index contributed by atoms with van der Waals surface area (Å²) in [6.45, 7) is 5.68. The highest BCUT2D eigenvalue weighted by Crippen LogP contribution is 2.32. The van der Waals surface area contributed by atoms with Gasteiger partial charge >= 0.3 is 0 Å². The van der Waals surface area contributed by atoms with Gasteiger partial charge in [0.05, 0.1) is 16.3 Å². The van der Waals surface area contributed by atoms with E-state index in [1.54, 1.807) is 25.1 Å². The second-order valence-corrected chi connectivity index (χ2v) is 9.34. The van der Waals surface area contributed by atoms with E-state index in [0.717, 1.165) is 16.7 Å². The number of nitrogens with zero attached hydrogens (tertiary/aromatic N) is 1. The number of sulfonamides is 1. The lowest BCUT2D eigenvalue weighted by molar-refractivity contribution is 0.0954. The number of hydrogen-bond acceptors (Lipinski definition) is 6. The second-order valence-electron chi connectivity index (χ2n) is 7.66. The highest BCUT2D eigenvalue weighted by atomic mass is 32.2. The summed E-state index contributed by atoms with van der Waals surface area (Å²) in [5.41, 5.74) is 6.28. The molecule has 1 aliphatic rings. The Labute approximate surface area is 192 Å². The van der Waals surface area contributed by atoms with Crippen molar-refractivity contribution >= 4 is 27.3 Å². The maximum Gasteiger partial charge on any atom is 0.271 e. The molecule has 170 valence electrons. The van der Waals surface area contributed by atoms with E-state index in [4.69, 9.17) is 9.47 Å². The number of carbonyl (C=O) groups excluding carboxylic acids is 1. The lowest BCUT2D eigenvalue weighted by Gasteiger charge is -2.12. The Morgan fingerprint density at radius 1 is 0.939 bits per heavy atom. The van der Waals surface area contributed by atoms with Crippen LogP contribution in [0.1, 0.15) is 34.0 Å². The Kier molecular flexibility index (Phi) is 6.06. The maximum atomic E-state index is 12.9. The smallest absolute Gasteiger partial charge is 0.271 e. The number of hydrogen-bond donors (Lipinski definition) is 2. The van der Waals surface area contributed by atoms with Gasteiger partial charge in [-0.15, -0.1) is 0 Å². The zero-order valence-corrected chi connectivity index (χ0v) is 19.2. The molecule has 0 saturated carbocycles. The Hall–Kier alpha value is -3.85. The first kappa shape index (κ1) is 22.3. The number of hydrazone groups is 1. The fourth-order valence-electron chi connectivity index (χ4n) is 3.32. The minimum Gasteiger partial charge on any atom is -0.454 e. The van der Waals surface area contributed by atoms with Gasteiger partial charge in [0, 0.05) is 11.1 Å². The molecule has 0 unspecified atom stereocenters. The van der Waals surface area contributed by atoms with E-state index in [-0.39, 0.29) is 17.3 Å². The highest BCUT2D eigenvalue weighted by molar-refractivity contribution is 7.92. The molecule has 8 nitrogen and oxygen atoms in total. The molecule has 1 heterocycles. The molecule has 4 rings (SSSR count). The predicted octanol–water partition coefficient (Wildman–Crippen LogP) is 3.99. The average Bonchev–Trinajstić information content (AvgIpc) is 3.27. The van der Waals surface area contributed by atoms with Crippen molar-refractivity contribution < 1.29 is 22.7 Å². The predicted molar refractivity (Wildman–Crippen MR) is 125 cm³/mol. The van der Waals surface area contributed by atoms with Gasteiger partial charge in [-0.3, -0.25) is 9.52 Å². The van der Waals surface area contributed by atoms with Crippen molar-refractivity contribution in [3.8, 4) is 11.5 Å². The number of aryl methyl sites for hydroxylation is 2. The molecule has 3 aromatic rings. The van der Waals surface area contributed by atoms with E-state index in [9.17, 15) is 13.2 Å². The van der Waals surface area contributed by atoms with Crippen LogP contribution in [-0.4, -0.2) is 26.8 Å². The van der Waals surface area contributed by atoms with E-state index in [0.29, 0.717) is 22.9 Å². The fourth-order valence-corrected chi connectivity index (χ4v) is 4.50. The van der Waals surface area contributed by atoms with Crippen LogP contribution in [0.25, 0.3) is 0 Å². The quantitative estimate of drug-likeness (QED) is 0.423. The van der Waals surface area contributed by atoms with Crippen LogP contribution < -0.4 is 19.6 Å². The van der Waals surface area contributed by atoms with Crippen LogP contribution in [0.4, 0.5) is 5.69 Å². The van der Waals surface area contributed by atoms with E-state index in [1.807, 2.05) is 32.0 Å². The SMILES string of the molecule is C/C(=N\NC(=O)c1cccc(S(=O)(=O)Nc2ccc(C)cc2C)c1)c1ccc2c(c1)OCO2. The third kappa shape index (κ3) is 4.98. The first-order chi connectivity index (χ1) is 15.7. The van der Waals surface area contributed by atoms with Crippen LogP contribution in [-0.2, 0) is 10.0 Å². The molecule has 9 heteroatoms. The molecule has 0 radical (unpaired) electrons. The number of carbonyl (C=O) groups is 1. The van der Waals surface area contributed by atoms with Gasteiger partial charge in [0.2, 0.25) is 6.79 Å². The van der Waals surface area contributed by atoms with Crippen LogP contribution in [0.5, 0.6) is 11.5 Å². The van der Waals surface area contributed by atoms with Crippen molar-refractivity contribution in [2.45, 2.75) is 25.7 Å². The summed E-state index contributed by atoms with van der Waals surface area (Å²) in [7, 11) is -3.88. The minimum atomic E-state index is -3.88. The van der Waals surface area contributed by atoms with Crippen LogP contribution in [0.15, 0.2) is 70.7 Å². The van der Waals surface area contributed by atoms with Crippen LogP contribution >= 0.6 is 0 Å². The summed E-state index contributed by atoms with van der Waals surface area (Å²) in [5, 5.41) is 4.13. The number of amides is 1. The third-order valence-electron chi connectivity index (χ3n) is 5.15. The zero-order chi connectivity index (χ0) is 23.6. The van der Waals surface area contributed by atoms with Gasteiger partial charge in [0.25, 0.3) is 15.9 Å². The van der Waals surface area contributed by atoms with Crippen LogP contribution in [0.3, 0.4) is 0 Å². The Bertz CT molecular complexity index is 1370. The molecule has 0 atom stereocenters. The summed E-state index contributed by atoms with van der Waals surface area (Å²) >= 11 is 0. The normalized spacial score (nSPS) is 13.0. The third-order valence-corrected chi connectivity index (χ3v) is 6.51. The molecule has 2 N–H and O–H groups in total. The first-order valence-corrected chi connectivity index (χ1v) is 11.7. The summed E-state index contributed by atoms with van der Waals surface area (Å²) in [6, 6.07) is 16.6. The van der Waals surface area contributed by atoms with Gasteiger partial charge in [0.15, 0.2) is 11.5 Å². The van der Waals surface area contributed by atoms with Crippen molar-refractivity contribution in [1.82, 2.24) is 5.43 Å². The van der Waals surface area contributed by atoms with Crippen molar-refractivity contribution in [3.05, 3.63) is 82.9 Å². The maximum absolute atomic E-state index is 12.9. The molecule has 33 heavy (non-hydrogen) atoms. The molecular weight excluding hydrogens is 442 g/mol. The summed E-state index contributed by atoms with van der Waals surface area (Å²) in [5.74, 6) is 0.740. The largest absolute Gasteiger partial charge is 0.454 e. The molecule has 1 aliphatic heterocycles. The molecule has 0 fully saturated rings. The topological polar surface area (TPSA) is 106 Å². The van der Waals surface area contributed by atoms with E-state index in [2.05, 4.69) is 15.2 Å². The van der Waals surface area contributed by atoms with Gasteiger partial charge in [-0.1, -0.05) is 23.8 Å². The Morgan fingerprint density at radius 2 is 1.73 bits per heavy atom. The summed E-state index contributed by atoms with van der Waals surface area (Å²) < 4.78 is 39.0. The molecule has 0 bridgehead atoms.